The highest BCUT2D eigenvalue weighted by Gasteiger charge is 2.24. The highest BCUT2D eigenvalue weighted by atomic mass is 35.5. The summed E-state index contributed by atoms with van der Waals surface area (Å²) in [6.07, 6.45) is 5.80. The number of carbonyl (C=O) groups excluding carboxylic acids is 1. The average Bonchev–Trinajstić information content (AvgIpc) is 3.31. The molecule has 0 atom stereocenters. The number of nitrogens with zero attached hydrogens (tertiary/aromatic N) is 4. The largest absolute Gasteiger partial charge is 0.445 e. The van der Waals surface area contributed by atoms with Gasteiger partial charge in [0.2, 0.25) is 0 Å². The highest BCUT2D eigenvalue weighted by molar-refractivity contribution is 6.34. The standard InChI is InChI=1S/C22H29Cl2N5O2/c23-19-11-17(12-20(24)13-19)15-31-22(30)29-9-7-28(8-10-29)6-5-27-3-1-18(2-4-27)21-14-25-16-26-21/h11-14,16,18H,1-10,15H2,(H,25,26). The number of aromatic amines is 1. The minimum absolute atomic E-state index is 0.174. The summed E-state index contributed by atoms with van der Waals surface area (Å²) in [5.41, 5.74) is 2.06. The Morgan fingerprint density at radius 2 is 1.65 bits per heavy atom. The third-order valence-corrected chi connectivity index (χ3v) is 6.63. The van der Waals surface area contributed by atoms with Gasteiger partial charge in [-0.05, 0) is 49.7 Å². The molecule has 31 heavy (non-hydrogen) atoms. The maximum Gasteiger partial charge on any atom is 0.410 e. The molecule has 0 bridgehead atoms. The molecule has 4 rings (SSSR count). The van der Waals surface area contributed by atoms with Crippen LogP contribution in [0.2, 0.25) is 10.0 Å². The summed E-state index contributed by atoms with van der Waals surface area (Å²) in [5, 5.41) is 1.08. The van der Waals surface area contributed by atoms with Gasteiger partial charge in [-0.3, -0.25) is 4.90 Å². The first-order chi connectivity index (χ1) is 15.1. The number of amides is 1. The van der Waals surface area contributed by atoms with E-state index in [4.69, 9.17) is 27.9 Å². The Balaban J connectivity index is 1.13. The second-order valence-corrected chi connectivity index (χ2v) is 9.16. The lowest BCUT2D eigenvalue weighted by molar-refractivity contribution is 0.0678. The molecule has 2 saturated heterocycles. The molecule has 2 aromatic rings. The molecule has 1 N–H and O–H groups in total. The van der Waals surface area contributed by atoms with Crippen molar-refractivity contribution in [2.75, 3.05) is 52.4 Å². The van der Waals surface area contributed by atoms with Gasteiger partial charge in [0.25, 0.3) is 0 Å². The van der Waals surface area contributed by atoms with E-state index in [2.05, 4.69) is 19.8 Å². The van der Waals surface area contributed by atoms with E-state index in [1.54, 1.807) is 29.4 Å². The van der Waals surface area contributed by atoms with E-state index in [-0.39, 0.29) is 12.7 Å². The predicted molar refractivity (Wildman–Crippen MR) is 122 cm³/mol. The number of H-pyrrole nitrogens is 1. The number of carbonyl (C=O) groups is 1. The Bertz CT molecular complexity index is 827. The zero-order valence-corrected chi connectivity index (χ0v) is 19.1. The number of halogens is 2. The van der Waals surface area contributed by atoms with E-state index >= 15 is 0 Å². The van der Waals surface area contributed by atoms with Gasteiger partial charge in [-0.2, -0.15) is 0 Å². The van der Waals surface area contributed by atoms with Crippen LogP contribution in [0.5, 0.6) is 0 Å². The first-order valence-corrected chi connectivity index (χ1v) is 11.6. The molecule has 2 fully saturated rings. The maximum atomic E-state index is 12.4. The number of benzene rings is 1. The summed E-state index contributed by atoms with van der Waals surface area (Å²) < 4.78 is 5.44. The molecule has 0 saturated carbocycles. The molecule has 2 aliphatic heterocycles. The van der Waals surface area contributed by atoms with Crippen LogP contribution >= 0.6 is 23.2 Å². The lowest BCUT2D eigenvalue weighted by Crippen LogP contribution is -2.50. The number of aromatic nitrogens is 2. The van der Waals surface area contributed by atoms with Gasteiger partial charge in [-0.1, -0.05) is 23.2 Å². The molecular formula is C22H29Cl2N5O2. The fraction of sp³-hybridized carbons (Fsp3) is 0.545. The number of hydrogen-bond donors (Lipinski definition) is 1. The molecule has 3 heterocycles. The van der Waals surface area contributed by atoms with Crippen LogP contribution < -0.4 is 0 Å². The van der Waals surface area contributed by atoms with Gasteiger partial charge >= 0.3 is 6.09 Å². The van der Waals surface area contributed by atoms with E-state index < -0.39 is 0 Å². The number of ether oxygens (including phenoxy) is 1. The third kappa shape index (κ3) is 6.35. The maximum absolute atomic E-state index is 12.4. The van der Waals surface area contributed by atoms with Crippen molar-refractivity contribution < 1.29 is 9.53 Å². The van der Waals surface area contributed by atoms with Crippen molar-refractivity contribution >= 4 is 29.3 Å². The summed E-state index contributed by atoms with van der Waals surface area (Å²) in [7, 11) is 0. The molecule has 0 radical (unpaired) electrons. The molecule has 0 aliphatic carbocycles. The number of piperidine rings is 1. The second kappa shape index (κ2) is 10.7. The first-order valence-electron chi connectivity index (χ1n) is 10.9. The number of likely N-dealkylation sites (tertiary alicyclic amines) is 1. The van der Waals surface area contributed by atoms with Crippen molar-refractivity contribution in [2.45, 2.75) is 25.4 Å². The van der Waals surface area contributed by atoms with E-state index in [9.17, 15) is 4.79 Å². The number of rotatable bonds is 6. The molecular weight excluding hydrogens is 437 g/mol. The lowest BCUT2D eigenvalue weighted by Gasteiger charge is -2.36. The van der Waals surface area contributed by atoms with Gasteiger partial charge in [-0.15, -0.1) is 0 Å². The molecule has 7 nitrogen and oxygen atoms in total. The average molecular weight is 466 g/mol. The Morgan fingerprint density at radius 1 is 1.00 bits per heavy atom. The molecule has 0 unspecified atom stereocenters. The Kier molecular flexibility index (Phi) is 7.72. The van der Waals surface area contributed by atoms with E-state index in [0.29, 0.717) is 29.1 Å². The molecule has 1 aromatic heterocycles. The van der Waals surface area contributed by atoms with Crippen molar-refractivity contribution in [3.8, 4) is 0 Å². The zero-order valence-electron chi connectivity index (χ0n) is 17.6. The predicted octanol–water partition coefficient (Wildman–Crippen LogP) is 3.85. The Labute approximate surface area is 193 Å². The smallest absolute Gasteiger partial charge is 0.410 e. The lowest BCUT2D eigenvalue weighted by atomic mass is 9.94. The van der Waals surface area contributed by atoms with Crippen LogP contribution in [0, 0.1) is 0 Å². The van der Waals surface area contributed by atoms with Crippen LogP contribution in [0.25, 0.3) is 0 Å². The van der Waals surface area contributed by atoms with Gasteiger partial charge in [0.1, 0.15) is 6.61 Å². The van der Waals surface area contributed by atoms with Gasteiger partial charge < -0.3 is 19.5 Å². The summed E-state index contributed by atoms with van der Waals surface area (Å²) >= 11 is 12.0. The highest BCUT2D eigenvalue weighted by Crippen LogP contribution is 2.26. The van der Waals surface area contributed by atoms with Crippen molar-refractivity contribution in [2.24, 2.45) is 0 Å². The van der Waals surface area contributed by atoms with Crippen LogP contribution in [-0.4, -0.2) is 83.1 Å². The van der Waals surface area contributed by atoms with E-state index in [0.717, 1.165) is 44.8 Å². The van der Waals surface area contributed by atoms with Gasteiger partial charge in [-0.25, -0.2) is 9.78 Å². The molecule has 2 aliphatic rings. The fourth-order valence-electron chi connectivity index (χ4n) is 4.33. The number of imidazole rings is 1. The molecule has 1 aromatic carbocycles. The fourth-order valence-corrected chi connectivity index (χ4v) is 4.90. The van der Waals surface area contributed by atoms with Gasteiger partial charge in [0.15, 0.2) is 0 Å². The quantitative estimate of drug-likeness (QED) is 0.701. The Hall–Kier alpha value is -1.80. The van der Waals surface area contributed by atoms with Crippen molar-refractivity contribution in [3.63, 3.8) is 0 Å². The van der Waals surface area contributed by atoms with Crippen LogP contribution in [0.3, 0.4) is 0 Å². The molecule has 0 spiro atoms. The SMILES string of the molecule is O=C(OCc1cc(Cl)cc(Cl)c1)N1CCN(CCN2CCC(c3cnc[nH]3)CC2)CC1. The molecule has 168 valence electrons. The monoisotopic (exact) mass is 465 g/mol. The van der Waals surface area contributed by atoms with Crippen LogP contribution in [0.4, 0.5) is 4.79 Å². The van der Waals surface area contributed by atoms with Crippen LogP contribution in [0.1, 0.15) is 30.0 Å². The third-order valence-electron chi connectivity index (χ3n) is 6.19. The van der Waals surface area contributed by atoms with E-state index in [1.165, 1.54) is 18.5 Å². The number of nitrogens with one attached hydrogen (secondary N) is 1. The topological polar surface area (TPSA) is 64.7 Å². The van der Waals surface area contributed by atoms with Crippen molar-refractivity contribution in [1.82, 2.24) is 24.7 Å². The summed E-state index contributed by atoms with van der Waals surface area (Å²) in [4.78, 5) is 26.5. The van der Waals surface area contributed by atoms with Gasteiger partial charge in [0, 0.05) is 67.1 Å². The van der Waals surface area contributed by atoms with Crippen LogP contribution in [0.15, 0.2) is 30.7 Å². The second-order valence-electron chi connectivity index (χ2n) is 8.28. The Morgan fingerprint density at radius 3 is 2.26 bits per heavy atom. The molecule has 1 amide bonds. The minimum Gasteiger partial charge on any atom is -0.445 e. The summed E-state index contributed by atoms with van der Waals surface area (Å²) in [5.74, 6) is 0.608. The van der Waals surface area contributed by atoms with Crippen molar-refractivity contribution in [1.29, 1.82) is 0 Å². The summed E-state index contributed by atoms with van der Waals surface area (Å²) in [6, 6.07) is 5.18. The number of hydrogen-bond acceptors (Lipinski definition) is 5. The molecule has 9 heteroatoms. The van der Waals surface area contributed by atoms with Crippen molar-refractivity contribution in [3.05, 3.63) is 52.0 Å². The first kappa shape index (κ1) is 22.4. The normalized spacial score (nSPS) is 19.0. The number of piperazine rings is 1. The van der Waals surface area contributed by atoms with Crippen LogP contribution in [-0.2, 0) is 11.3 Å². The zero-order chi connectivity index (χ0) is 21.6. The van der Waals surface area contributed by atoms with Gasteiger partial charge in [0.05, 0.1) is 6.33 Å². The van der Waals surface area contributed by atoms with E-state index in [1.807, 2.05) is 6.20 Å². The summed E-state index contributed by atoms with van der Waals surface area (Å²) in [6.45, 7) is 7.69. The minimum atomic E-state index is -0.281.